The number of aromatic nitrogens is 2. The molecule has 2 saturated carbocycles. The van der Waals surface area contributed by atoms with Crippen LogP contribution in [0.4, 0.5) is 19.1 Å². The summed E-state index contributed by atoms with van der Waals surface area (Å²) in [6, 6.07) is 4.33. The van der Waals surface area contributed by atoms with Crippen molar-refractivity contribution in [3.05, 3.63) is 52.8 Å². The van der Waals surface area contributed by atoms with Crippen molar-refractivity contribution in [1.82, 2.24) is 14.9 Å². The normalized spacial score (nSPS) is 25.1. The van der Waals surface area contributed by atoms with Gasteiger partial charge in [0.2, 0.25) is 11.9 Å². The smallest absolute Gasteiger partial charge is 0.260 e. The van der Waals surface area contributed by atoms with E-state index in [1.807, 2.05) is 0 Å². The van der Waals surface area contributed by atoms with Crippen LogP contribution >= 0.6 is 0 Å². The van der Waals surface area contributed by atoms with Crippen LogP contribution < -0.4 is 5.32 Å². The van der Waals surface area contributed by atoms with Crippen LogP contribution in [0.1, 0.15) is 46.3 Å². The van der Waals surface area contributed by atoms with Crippen molar-refractivity contribution >= 4 is 17.8 Å². The molecule has 2 heterocycles. The zero-order chi connectivity index (χ0) is 21.3. The number of nitrogens with zero attached hydrogens (tertiary/aromatic N) is 3. The quantitative estimate of drug-likeness (QED) is 0.831. The lowest BCUT2D eigenvalue weighted by molar-refractivity contribution is -0.117. The fourth-order valence-corrected chi connectivity index (χ4v) is 4.18. The van der Waals surface area contributed by atoms with Gasteiger partial charge in [-0.2, -0.15) is 0 Å². The van der Waals surface area contributed by atoms with Crippen molar-refractivity contribution in [3.63, 3.8) is 0 Å². The average molecular weight is 416 g/mol. The molecule has 30 heavy (non-hydrogen) atoms. The van der Waals surface area contributed by atoms with Crippen LogP contribution in [0.25, 0.3) is 0 Å². The molecular formula is C21H19F3N4O2. The molecule has 2 amide bonds. The van der Waals surface area contributed by atoms with Gasteiger partial charge in [-0.15, -0.1) is 0 Å². The average Bonchev–Trinajstić information content (AvgIpc) is 3.57. The van der Waals surface area contributed by atoms with E-state index in [0.717, 1.165) is 10.5 Å². The molecule has 0 radical (unpaired) electrons. The molecule has 6 nitrogen and oxygen atoms in total. The molecule has 1 spiro atoms. The molecule has 2 fully saturated rings. The summed E-state index contributed by atoms with van der Waals surface area (Å²) >= 11 is 0. The highest BCUT2D eigenvalue weighted by Gasteiger charge is 2.74. The van der Waals surface area contributed by atoms with Gasteiger partial charge in [-0.05, 0) is 42.5 Å². The Balaban J connectivity index is 1.41. The second kappa shape index (κ2) is 6.02. The van der Waals surface area contributed by atoms with Crippen molar-refractivity contribution in [1.29, 1.82) is 0 Å². The highest BCUT2D eigenvalue weighted by Crippen LogP contribution is 2.64. The van der Waals surface area contributed by atoms with Crippen LogP contribution in [0.3, 0.4) is 0 Å². The maximum absolute atomic E-state index is 14.5. The first-order chi connectivity index (χ1) is 14.1. The molecule has 1 aromatic carbocycles. The van der Waals surface area contributed by atoms with Gasteiger partial charge in [-0.25, -0.2) is 23.1 Å². The summed E-state index contributed by atoms with van der Waals surface area (Å²) in [5.74, 6) is -4.03. The fourth-order valence-electron chi connectivity index (χ4n) is 4.18. The number of amides is 2. The van der Waals surface area contributed by atoms with Crippen molar-refractivity contribution < 1.29 is 22.8 Å². The Hall–Kier alpha value is -2.97. The number of alkyl halides is 3. The minimum Gasteiger partial charge on any atom is -0.328 e. The summed E-state index contributed by atoms with van der Waals surface area (Å²) in [6.07, 6.45) is 3.34. The molecule has 1 aliphatic heterocycles. The van der Waals surface area contributed by atoms with Crippen LogP contribution in [0.5, 0.6) is 0 Å². The Kier molecular flexibility index (Phi) is 3.82. The standard InChI is InChI=1S/C21H19F3N4O2/c1-12-7-25-18(26-8-12)27-16(29)9-28-11-19(10-21(19,23)24)15-6-13(20(22)4-5-20)2-3-14(15)17(28)30/h2-3,6-8H,4-5,9-11H2,1H3,(H,25,26,27,29)/t19-/m1/s1. The molecule has 0 unspecified atom stereocenters. The number of hydrogen-bond donors (Lipinski definition) is 1. The number of fused-ring (bicyclic) bond motifs is 2. The van der Waals surface area contributed by atoms with Crippen molar-refractivity contribution in [3.8, 4) is 0 Å². The van der Waals surface area contributed by atoms with E-state index in [2.05, 4.69) is 15.3 Å². The Labute approximate surface area is 170 Å². The van der Waals surface area contributed by atoms with E-state index in [9.17, 15) is 22.8 Å². The second-order valence-electron chi connectivity index (χ2n) is 8.48. The number of aryl methyl sites for hydroxylation is 1. The largest absolute Gasteiger partial charge is 0.328 e. The number of rotatable bonds is 4. The van der Waals surface area contributed by atoms with Crippen molar-refractivity contribution in [2.45, 2.75) is 43.2 Å². The third-order valence-corrected chi connectivity index (χ3v) is 6.19. The van der Waals surface area contributed by atoms with E-state index in [4.69, 9.17) is 0 Å². The number of nitrogens with one attached hydrogen (secondary N) is 1. The van der Waals surface area contributed by atoms with Crippen LogP contribution in [0.2, 0.25) is 0 Å². The SMILES string of the molecule is Cc1cnc(NC(=O)CN2C[C@]3(CC3(F)F)c3cc(C4(F)CC4)ccc3C2=O)nc1. The summed E-state index contributed by atoms with van der Waals surface area (Å²) in [5, 5.41) is 2.47. The number of carbonyl (C=O) groups is 2. The molecule has 1 N–H and O–H groups in total. The summed E-state index contributed by atoms with van der Waals surface area (Å²) < 4.78 is 43.4. The van der Waals surface area contributed by atoms with Gasteiger partial charge in [0.25, 0.3) is 11.8 Å². The number of benzene rings is 1. The Morgan fingerprint density at radius 3 is 2.47 bits per heavy atom. The number of halogens is 3. The van der Waals surface area contributed by atoms with Gasteiger partial charge >= 0.3 is 0 Å². The molecule has 9 heteroatoms. The highest BCUT2D eigenvalue weighted by molar-refractivity contribution is 6.01. The fraction of sp³-hybridized carbons (Fsp3) is 0.429. The summed E-state index contributed by atoms with van der Waals surface area (Å²) in [6.45, 7) is 1.10. The topological polar surface area (TPSA) is 75.2 Å². The molecule has 0 saturated heterocycles. The highest BCUT2D eigenvalue weighted by atomic mass is 19.3. The Bertz CT molecular complexity index is 1070. The first-order valence-corrected chi connectivity index (χ1v) is 9.73. The molecule has 5 rings (SSSR count). The minimum atomic E-state index is -3.01. The van der Waals surface area contributed by atoms with E-state index >= 15 is 0 Å². The summed E-state index contributed by atoms with van der Waals surface area (Å²) in [5.41, 5.74) is -1.59. The van der Waals surface area contributed by atoms with Gasteiger partial charge in [-0.1, -0.05) is 12.1 Å². The Morgan fingerprint density at radius 2 is 1.87 bits per heavy atom. The predicted octanol–water partition coefficient (Wildman–Crippen LogP) is 3.11. The molecule has 0 bridgehead atoms. The van der Waals surface area contributed by atoms with E-state index < -0.39 is 41.8 Å². The van der Waals surface area contributed by atoms with Gasteiger partial charge in [-0.3, -0.25) is 14.9 Å². The summed E-state index contributed by atoms with van der Waals surface area (Å²) in [7, 11) is 0. The zero-order valence-electron chi connectivity index (χ0n) is 16.2. The van der Waals surface area contributed by atoms with Gasteiger partial charge in [0.05, 0.1) is 5.41 Å². The van der Waals surface area contributed by atoms with Gasteiger partial charge in [0.15, 0.2) is 0 Å². The van der Waals surface area contributed by atoms with Crippen molar-refractivity contribution in [2.24, 2.45) is 0 Å². The number of carbonyl (C=O) groups excluding carboxylic acids is 2. The Morgan fingerprint density at radius 1 is 1.20 bits per heavy atom. The zero-order valence-corrected chi connectivity index (χ0v) is 16.2. The van der Waals surface area contributed by atoms with Crippen LogP contribution in [0, 0.1) is 6.92 Å². The van der Waals surface area contributed by atoms with E-state index in [-0.39, 0.29) is 23.6 Å². The number of hydrogen-bond acceptors (Lipinski definition) is 4. The molecule has 2 aromatic rings. The summed E-state index contributed by atoms with van der Waals surface area (Å²) in [4.78, 5) is 34.4. The van der Waals surface area contributed by atoms with Crippen LogP contribution in [0.15, 0.2) is 30.6 Å². The second-order valence-corrected chi connectivity index (χ2v) is 8.48. The number of anilines is 1. The molecule has 3 aliphatic rings. The van der Waals surface area contributed by atoms with E-state index in [0.29, 0.717) is 18.4 Å². The minimum absolute atomic E-state index is 0.0734. The van der Waals surface area contributed by atoms with Gasteiger partial charge < -0.3 is 4.90 Å². The lowest BCUT2D eigenvalue weighted by atomic mass is 9.84. The predicted molar refractivity (Wildman–Crippen MR) is 101 cm³/mol. The first-order valence-electron chi connectivity index (χ1n) is 9.73. The third kappa shape index (κ3) is 2.86. The molecule has 1 atom stereocenters. The lowest BCUT2D eigenvalue weighted by Crippen LogP contribution is -2.48. The van der Waals surface area contributed by atoms with Crippen molar-refractivity contribution in [2.75, 3.05) is 18.4 Å². The van der Waals surface area contributed by atoms with E-state index in [1.165, 1.54) is 30.6 Å². The third-order valence-electron chi connectivity index (χ3n) is 6.19. The van der Waals surface area contributed by atoms with Crippen LogP contribution in [-0.2, 0) is 15.9 Å². The maximum atomic E-state index is 14.5. The maximum Gasteiger partial charge on any atom is 0.260 e. The lowest BCUT2D eigenvalue weighted by Gasteiger charge is -2.34. The van der Waals surface area contributed by atoms with Gasteiger partial charge in [0.1, 0.15) is 12.2 Å². The molecule has 156 valence electrons. The van der Waals surface area contributed by atoms with E-state index in [1.54, 1.807) is 6.92 Å². The molecule has 2 aliphatic carbocycles. The van der Waals surface area contributed by atoms with Gasteiger partial charge in [0, 0.05) is 30.9 Å². The molecule has 1 aromatic heterocycles. The molecular weight excluding hydrogens is 397 g/mol. The first kappa shape index (κ1) is 19.0. The monoisotopic (exact) mass is 416 g/mol. The van der Waals surface area contributed by atoms with Crippen LogP contribution in [-0.4, -0.2) is 45.7 Å².